The van der Waals surface area contributed by atoms with Crippen molar-refractivity contribution in [2.75, 3.05) is 20.3 Å². The van der Waals surface area contributed by atoms with Crippen LogP contribution in [0.15, 0.2) is 23.0 Å². The van der Waals surface area contributed by atoms with Gasteiger partial charge in [0.2, 0.25) is 5.91 Å². The highest BCUT2D eigenvalue weighted by Gasteiger charge is 2.21. The van der Waals surface area contributed by atoms with Gasteiger partial charge in [0.05, 0.1) is 20.1 Å². The molecule has 2 heterocycles. The Kier molecular flexibility index (Phi) is 5.25. The highest BCUT2D eigenvalue weighted by molar-refractivity contribution is 5.78. The number of methoxy groups -OCH3 is 1. The van der Waals surface area contributed by atoms with Crippen LogP contribution in [0.3, 0.4) is 0 Å². The lowest BCUT2D eigenvalue weighted by Crippen LogP contribution is -2.36. The molecule has 138 valence electrons. The molecule has 1 amide bonds. The minimum atomic E-state index is -0.256. The van der Waals surface area contributed by atoms with Crippen molar-refractivity contribution in [3.8, 4) is 11.5 Å². The van der Waals surface area contributed by atoms with E-state index in [9.17, 15) is 9.59 Å². The zero-order chi connectivity index (χ0) is 18.7. The molecule has 2 N–H and O–H groups in total. The number of amides is 1. The van der Waals surface area contributed by atoms with E-state index >= 15 is 0 Å². The summed E-state index contributed by atoms with van der Waals surface area (Å²) in [7, 11) is 1.62. The van der Waals surface area contributed by atoms with E-state index in [1.54, 1.807) is 21.0 Å². The molecule has 0 saturated carbocycles. The summed E-state index contributed by atoms with van der Waals surface area (Å²) in [5.41, 5.74) is 1.84. The fourth-order valence-electron chi connectivity index (χ4n) is 3.11. The van der Waals surface area contributed by atoms with E-state index in [4.69, 9.17) is 9.47 Å². The number of hydrogen-bond acceptors (Lipinski definition) is 5. The number of carbonyl (C=O) groups is 1. The summed E-state index contributed by atoms with van der Waals surface area (Å²) in [4.78, 5) is 31.1. The number of hydrogen-bond donors (Lipinski definition) is 2. The van der Waals surface area contributed by atoms with E-state index < -0.39 is 0 Å². The lowest BCUT2D eigenvalue weighted by Gasteiger charge is -2.25. The van der Waals surface area contributed by atoms with Crippen LogP contribution in [-0.4, -0.2) is 36.1 Å². The molecule has 1 aromatic heterocycles. The molecule has 0 spiro atoms. The number of carbonyl (C=O) groups excluding carboxylic acids is 1. The molecule has 0 unspecified atom stereocenters. The molecule has 1 atom stereocenters. The van der Waals surface area contributed by atoms with E-state index in [1.165, 1.54) is 0 Å². The largest absolute Gasteiger partial charge is 0.497 e. The summed E-state index contributed by atoms with van der Waals surface area (Å²) in [6.07, 6.45) is 0.848. The summed E-state index contributed by atoms with van der Waals surface area (Å²) >= 11 is 0. The normalized spacial score (nSPS) is 15.7. The molecule has 7 nitrogen and oxygen atoms in total. The number of H-pyrrole nitrogens is 1. The number of fused-ring (bicyclic) bond motifs is 1. The number of rotatable bonds is 5. The van der Waals surface area contributed by atoms with Gasteiger partial charge < -0.3 is 19.8 Å². The van der Waals surface area contributed by atoms with Gasteiger partial charge in [-0.3, -0.25) is 9.59 Å². The number of ether oxygens (including phenoxy) is 2. The first-order chi connectivity index (χ1) is 12.5. The maximum absolute atomic E-state index is 12.2. The highest BCUT2D eigenvalue weighted by Crippen LogP contribution is 2.30. The van der Waals surface area contributed by atoms with Gasteiger partial charge >= 0.3 is 0 Å². The topological polar surface area (TPSA) is 93.3 Å². The van der Waals surface area contributed by atoms with Gasteiger partial charge in [-0.2, -0.15) is 0 Å². The van der Waals surface area contributed by atoms with E-state index in [0.29, 0.717) is 30.2 Å². The van der Waals surface area contributed by atoms with Gasteiger partial charge in [0, 0.05) is 29.8 Å². The van der Waals surface area contributed by atoms with Crippen LogP contribution in [-0.2, 0) is 17.6 Å². The molecular weight excluding hydrogens is 334 g/mol. The van der Waals surface area contributed by atoms with Crippen LogP contribution in [0.5, 0.6) is 11.5 Å². The molecule has 26 heavy (non-hydrogen) atoms. The fraction of sp³-hybridized carbons (Fsp3) is 0.421. The van der Waals surface area contributed by atoms with Crippen LogP contribution in [0.4, 0.5) is 0 Å². The number of nitrogens with zero attached hydrogens (tertiary/aromatic N) is 1. The second kappa shape index (κ2) is 7.59. The molecule has 2 aromatic rings. The third-order valence-corrected chi connectivity index (χ3v) is 4.52. The molecule has 0 radical (unpaired) electrons. The minimum absolute atomic E-state index is 0.0236. The van der Waals surface area contributed by atoms with Crippen molar-refractivity contribution in [2.24, 2.45) is 5.92 Å². The Hall–Kier alpha value is -2.83. The Morgan fingerprint density at radius 1 is 1.42 bits per heavy atom. The first kappa shape index (κ1) is 18.0. The van der Waals surface area contributed by atoms with Crippen molar-refractivity contribution in [2.45, 2.75) is 26.7 Å². The molecule has 0 fully saturated rings. The molecule has 0 aliphatic carbocycles. The predicted octanol–water partition coefficient (Wildman–Crippen LogP) is 1.31. The van der Waals surface area contributed by atoms with Crippen LogP contribution in [0.2, 0.25) is 0 Å². The van der Waals surface area contributed by atoms with Gasteiger partial charge in [-0.25, -0.2) is 4.98 Å². The number of aromatic nitrogens is 2. The average molecular weight is 357 g/mol. The molecule has 3 rings (SSSR count). The zero-order valence-corrected chi connectivity index (χ0v) is 15.2. The second-order valence-corrected chi connectivity index (χ2v) is 6.55. The van der Waals surface area contributed by atoms with Gasteiger partial charge in [0.15, 0.2) is 0 Å². The number of benzene rings is 1. The molecule has 1 aliphatic heterocycles. The predicted molar refractivity (Wildman–Crippen MR) is 96.7 cm³/mol. The lowest BCUT2D eigenvalue weighted by atomic mass is 9.96. The lowest BCUT2D eigenvalue weighted by molar-refractivity contribution is -0.120. The van der Waals surface area contributed by atoms with Crippen LogP contribution < -0.4 is 20.3 Å². The van der Waals surface area contributed by atoms with E-state index in [2.05, 4.69) is 15.3 Å². The quantitative estimate of drug-likeness (QED) is 0.841. The zero-order valence-electron chi connectivity index (χ0n) is 15.2. The molecule has 0 saturated heterocycles. The van der Waals surface area contributed by atoms with Gasteiger partial charge in [0.1, 0.15) is 17.3 Å². The van der Waals surface area contributed by atoms with Crippen molar-refractivity contribution < 1.29 is 14.3 Å². The van der Waals surface area contributed by atoms with E-state index in [-0.39, 0.29) is 23.8 Å². The summed E-state index contributed by atoms with van der Waals surface area (Å²) in [5.74, 6) is 2.15. The summed E-state index contributed by atoms with van der Waals surface area (Å²) in [6.45, 7) is 4.49. The maximum Gasteiger partial charge on any atom is 0.254 e. The Morgan fingerprint density at radius 2 is 2.23 bits per heavy atom. The average Bonchev–Trinajstić information content (AvgIpc) is 2.62. The Bertz CT molecular complexity index is 876. The van der Waals surface area contributed by atoms with Crippen molar-refractivity contribution in [1.29, 1.82) is 0 Å². The van der Waals surface area contributed by atoms with Crippen LogP contribution in [0, 0.1) is 19.8 Å². The van der Waals surface area contributed by atoms with E-state index in [0.717, 1.165) is 23.5 Å². The first-order valence-corrected chi connectivity index (χ1v) is 8.59. The smallest absolute Gasteiger partial charge is 0.254 e. The molecule has 1 aliphatic rings. The Labute approximate surface area is 151 Å². The second-order valence-electron chi connectivity index (χ2n) is 6.55. The number of aryl methyl sites for hydroxylation is 2. The van der Waals surface area contributed by atoms with E-state index in [1.807, 2.05) is 18.2 Å². The van der Waals surface area contributed by atoms with Crippen molar-refractivity contribution in [3.63, 3.8) is 0 Å². The Balaban J connectivity index is 1.56. The van der Waals surface area contributed by atoms with Crippen LogP contribution in [0.25, 0.3) is 0 Å². The minimum Gasteiger partial charge on any atom is -0.497 e. The third-order valence-electron chi connectivity index (χ3n) is 4.52. The maximum atomic E-state index is 12.2. The van der Waals surface area contributed by atoms with Gasteiger partial charge in [-0.1, -0.05) is 6.07 Å². The standard InChI is InChI=1S/C19H23N3O4/c1-11-16(19(24)22-12(2)21-11)8-18(23)20-9-13-6-14-4-5-15(25-3)7-17(14)26-10-13/h4-5,7,13H,6,8-10H2,1-3H3,(H,20,23)(H,21,22,24)/t13-/m0/s1. The SMILES string of the molecule is COc1ccc2c(c1)OC[C@H](CNC(=O)Cc1c(C)nc(C)[nH]c1=O)C2. The van der Waals surface area contributed by atoms with Crippen molar-refractivity contribution in [1.82, 2.24) is 15.3 Å². The fourth-order valence-corrected chi connectivity index (χ4v) is 3.11. The molecule has 0 bridgehead atoms. The monoisotopic (exact) mass is 357 g/mol. The van der Waals surface area contributed by atoms with Crippen LogP contribution >= 0.6 is 0 Å². The Morgan fingerprint density at radius 3 is 2.96 bits per heavy atom. The van der Waals surface area contributed by atoms with Crippen molar-refractivity contribution in [3.05, 3.63) is 51.2 Å². The van der Waals surface area contributed by atoms with Gasteiger partial charge in [0.25, 0.3) is 5.56 Å². The molecule has 1 aromatic carbocycles. The van der Waals surface area contributed by atoms with Crippen molar-refractivity contribution >= 4 is 5.91 Å². The number of nitrogens with one attached hydrogen (secondary N) is 2. The van der Waals surface area contributed by atoms with Gasteiger partial charge in [-0.15, -0.1) is 0 Å². The molecule has 7 heteroatoms. The molecular formula is C19H23N3O4. The third kappa shape index (κ3) is 4.04. The summed E-state index contributed by atoms with van der Waals surface area (Å²) < 4.78 is 11.0. The van der Waals surface area contributed by atoms with Gasteiger partial charge in [-0.05, 0) is 31.9 Å². The number of aromatic amines is 1. The first-order valence-electron chi connectivity index (χ1n) is 8.59. The highest BCUT2D eigenvalue weighted by atomic mass is 16.5. The van der Waals surface area contributed by atoms with Crippen LogP contribution in [0.1, 0.15) is 22.6 Å². The summed E-state index contributed by atoms with van der Waals surface area (Å²) in [5, 5.41) is 2.90. The summed E-state index contributed by atoms with van der Waals surface area (Å²) in [6, 6.07) is 5.77.